The molecule has 0 radical (unpaired) electrons. The third-order valence-electron chi connectivity index (χ3n) is 3.03. The van der Waals surface area contributed by atoms with Gasteiger partial charge in [-0.3, -0.25) is 0 Å². The van der Waals surface area contributed by atoms with Crippen LogP contribution in [0.2, 0.25) is 5.02 Å². The van der Waals surface area contributed by atoms with Gasteiger partial charge >= 0.3 is 0 Å². The first-order valence-electron chi connectivity index (χ1n) is 6.68. The second kappa shape index (κ2) is 5.90. The molecule has 4 aromatic rings. The third kappa shape index (κ3) is 2.99. The Morgan fingerprint density at radius 2 is 1.96 bits per heavy atom. The highest BCUT2D eigenvalue weighted by molar-refractivity contribution is 7.13. The van der Waals surface area contributed by atoms with Gasteiger partial charge in [0.15, 0.2) is 0 Å². The molecule has 0 spiro atoms. The van der Waals surface area contributed by atoms with Crippen LogP contribution in [0.3, 0.4) is 0 Å². The van der Waals surface area contributed by atoms with Crippen LogP contribution in [0.1, 0.15) is 5.89 Å². The van der Waals surface area contributed by atoms with Crippen LogP contribution in [0.15, 0.2) is 46.2 Å². The number of thiophene rings is 1. The Balaban J connectivity index is 1.53. The van der Waals surface area contributed by atoms with Crippen LogP contribution in [0, 0.1) is 0 Å². The van der Waals surface area contributed by atoms with Gasteiger partial charge in [0.05, 0.1) is 4.88 Å². The Morgan fingerprint density at radius 3 is 2.74 bits per heavy atom. The Bertz CT molecular complexity index is 915. The fourth-order valence-electron chi connectivity index (χ4n) is 1.96. The van der Waals surface area contributed by atoms with Crippen molar-refractivity contribution in [3.8, 4) is 22.2 Å². The van der Waals surface area contributed by atoms with Crippen molar-refractivity contribution >= 4 is 22.9 Å². The molecule has 114 valence electrons. The number of nitrogens with zero attached hydrogens (tertiary/aromatic N) is 6. The Morgan fingerprint density at radius 1 is 1.09 bits per heavy atom. The van der Waals surface area contributed by atoms with E-state index in [1.807, 2.05) is 29.6 Å². The van der Waals surface area contributed by atoms with Gasteiger partial charge in [0.25, 0.3) is 5.89 Å². The van der Waals surface area contributed by atoms with Crippen molar-refractivity contribution in [2.75, 3.05) is 0 Å². The van der Waals surface area contributed by atoms with E-state index >= 15 is 0 Å². The quantitative estimate of drug-likeness (QED) is 0.565. The lowest BCUT2D eigenvalue weighted by Crippen LogP contribution is -2.04. The number of benzene rings is 1. The molecule has 3 heterocycles. The Labute approximate surface area is 139 Å². The highest BCUT2D eigenvalue weighted by Crippen LogP contribution is 2.23. The summed E-state index contributed by atoms with van der Waals surface area (Å²) in [7, 11) is 0. The van der Waals surface area contributed by atoms with Crippen LogP contribution < -0.4 is 0 Å². The number of rotatable bonds is 4. The summed E-state index contributed by atoms with van der Waals surface area (Å²) in [6.45, 7) is 0.263. The molecule has 1 aromatic carbocycles. The van der Waals surface area contributed by atoms with Crippen LogP contribution in [-0.4, -0.2) is 30.4 Å². The van der Waals surface area contributed by atoms with Crippen molar-refractivity contribution in [2.45, 2.75) is 6.54 Å². The van der Waals surface area contributed by atoms with Crippen LogP contribution in [0.5, 0.6) is 0 Å². The molecule has 3 aromatic heterocycles. The Hall–Kier alpha value is -2.58. The van der Waals surface area contributed by atoms with E-state index in [0.29, 0.717) is 22.6 Å². The minimum absolute atomic E-state index is 0.263. The summed E-state index contributed by atoms with van der Waals surface area (Å²) in [6.07, 6.45) is 0. The first-order chi connectivity index (χ1) is 11.3. The van der Waals surface area contributed by atoms with E-state index in [1.54, 1.807) is 23.5 Å². The fraction of sp³-hybridized carbons (Fsp3) is 0.0714. The molecule has 9 heteroatoms. The molecule has 0 aliphatic carbocycles. The average Bonchev–Trinajstić information content (AvgIpc) is 3.29. The second-order valence-electron chi connectivity index (χ2n) is 4.63. The first kappa shape index (κ1) is 14.0. The van der Waals surface area contributed by atoms with Gasteiger partial charge < -0.3 is 4.42 Å². The molecule has 4 rings (SSSR count). The zero-order valence-corrected chi connectivity index (χ0v) is 13.2. The summed E-state index contributed by atoms with van der Waals surface area (Å²) in [6, 6.07) is 11.1. The van der Waals surface area contributed by atoms with E-state index in [9.17, 15) is 0 Å². The summed E-state index contributed by atoms with van der Waals surface area (Å²) < 4.78 is 5.60. The van der Waals surface area contributed by atoms with Crippen molar-refractivity contribution in [3.05, 3.63) is 52.7 Å². The van der Waals surface area contributed by atoms with Crippen molar-refractivity contribution in [2.24, 2.45) is 0 Å². The van der Waals surface area contributed by atoms with Gasteiger partial charge in [-0.25, -0.2) is 0 Å². The standard InChI is InChI=1S/C14H9ClN6OS/c15-10-5-3-9(4-6-10)13-17-20-21(19-13)8-12-16-18-14(22-12)11-2-1-7-23-11/h1-7H,8H2. The minimum Gasteiger partial charge on any atom is -0.418 e. The molecular formula is C14H9ClN6OS. The molecule has 0 saturated carbocycles. The van der Waals surface area contributed by atoms with Gasteiger partial charge in [-0.15, -0.1) is 31.7 Å². The van der Waals surface area contributed by atoms with E-state index in [0.717, 1.165) is 10.4 Å². The number of aromatic nitrogens is 6. The molecule has 0 amide bonds. The summed E-state index contributed by atoms with van der Waals surface area (Å²) in [5.41, 5.74) is 0.838. The summed E-state index contributed by atoms with van der Waals surface area (Å²) in [4.78, 5) is 2.34. The van der Waals surface area contributed by atoms with Crippen LogP contribution in [0.4, 0.5) is 0 Å². The van der Waals surface area contributed by atoms with E-state index in [-0.39, 0.29) is 6.54 Å². The molecular weight excluding hydrogens is 336 g/mol. The van der Waals surface area contributed by atoms with Gasteiger partial charge in [0.1, 0.15) is 6.54 Å². The van der Waals surface area contributed by atoms with Crippen molar-refractivity contribution in [1.82, 2.24) is 30.4 Å². The fourth-order valence-corrected chi connectivity index (χ4v) is 2.73. The van der Waals surface area contributed by atoms with E-state index in [4.69, 9.17) is 16.0 Å². The average molecular weight is 345 g/mol. The number of halogens is 1. The molecule has 0 N–H and O–H groups in total. The lowest BCUT2D eigenvalue weighted by molar-refractivity contribution is 0.447. The van der Waals surface area contributed by atoms with Crippen LogP contribution in [-0.2, 0) is 6.54 Å². The molecule has 0 atom stereocenters. The van der Waals surface area contributed by atoms with Gasteiger partial charge in [0, 0.05) is 10.6 Å². The second-order valence-corrected chi connectivity index (χ2v) is 6.01. The molecule has 0 aliphatic rings. The lowest BCUT2D eigenvalue weighted by Gasteiger charge is -1.94. The van der Waals surface area contributed by atoms with E-state index < -0.39 is 0 Å². The van der Waals surface area contributed by atoms with Gasteiger partial charge in [0.2, 0.25) is 11.7 Å². The zero-order chi connectivity index (χ0) is 15.6. The lowest BCUT2D eigenvalue weighted by atomic mass is 10.2. The largest absolute Gasteiger partial charge is 0.418 e. The normalized spacial score (nSPS) is 11.0. The van der Waals surface area contributed by atoms with Crippen molar-refractivity contribution in [1.29, 1.82) is 0 Å². The minimum atomic E-state index is 0.263. The molecule has 0 bridgehead atoms. The third-order valence-corrected chi connectivity index (χ3v) is 4.14. The Kier molecular flexibility index (Phi) is 3.60. The smallest absolute Gasteiger partial charge is 0.257 e. The maximum atomic E-state index is 5.87. The molecule has 0 saturated heterocycles. The van der Waals surface area contributed by atoms with Crippen LogP contribution >= 0.6 is 22.9 Å². The first-order valence-corrected chi connectivity index (χ1v) is 7.94. The molecule has 23 heavy (non-hydrogen) atoms. The predicted octanol–water partition coefficient (Wildman–Crippen LogP) is 3.15. The molecule has 7 nitrogen and oxygen atoms in total. The highest BCUT2D eigenvalue weighted by atomic mass is 35.5. The predicted molar refractivity (Wildman–Crippen MR) is 85.0 cm³/mol. The maximum Gasteiger partial charge on any atom is 0.257 e. The molecule has 0 aliphatic heterocycles. The highest BCUT2D eigenvalue weighted by Gasteiger charge is 2.12. The van der Waals surface area contributed by atoms with Crippen LogP contribution in [0.25, 0.3) is 22.2 Å². The number of tetrazole rings is 1. The molecule has 0 unspecified atom stereocenters. The summed E-state index contributed by atoms with van der Waals surface area (Å²) in [5.74, 6) is 1.43. The van der Waals surface area contributed by atoms with Crippen molar-refractivity contribution < 1.29 is 4.42 Å². The number of hydrogen-bond acceptors (Lipinski definition) is 7. The van der Waals surface area contributed by atoms with E-state index in [2.05, 4.69) is 25.6 Å². The van der Waals surface area contributed by atoms with Gasteiger partial charge in [-0.2, -0.15) is 4.80 Å². The topological polar surface area (TPSA) is 82.5 Å². The summed E-state index contributed by atoms with van der Waals surface area (Å²) in [5, 5.41) is 23.0. The monoisotopic (exact) mass is 344 g/mol. The SMILES string of the molecule is Clc1ccc(-c2nnn(Cc3nnc(-c4cccs4)o3)n2)cc1. The van der Waals surface area contributed by atoms with Gasteiger partial charge in [-0.05, 0) is 40.9 Å². The van der Waals surface area contributed by atoms with Gasteiger partial charge in [-0.1, -0.05) is 17.7 Å². The summed E-state index contributed by atoms with van der Waals surface area (Å²) >= 11 is 7.41. The molecule has 0 fully saturated rings. The maximum absolute atomic E-state index is 5.87. The van der Waals surface area contributed by atoms with Crippen molar-refractivity contribution in [3.63, 3.8) is 0 Å². The van der Waals surface area contributed by atoms with E-state index in [1.165, 1.54) is 4.80 Å². The number of hydrogen-bond donors (Lipinski definition) is 0. The zero-order valence-electron chi connectivity index (χ0n) is 11.6.